The van der Waals surface area contributed by atoms with Crippen LogP contribution in [0.4, 0.5) is 19.3 Å². The van der Waals surface area contributed by atoms with Gasteiger partial charge in [0.2, 0.25) is 5.91 Å². The van der Waals surface area contributed by atoms with Crippen LogP contribution in [0, 0.1) is 15.2 Å². The molecule has 0 bridgehead atoms. The minimum Gasteiger partial charge on any atom is -0.490 e. The summed E-state index contributed by atoms with van der Waals surface area (Å²) in [5.41, 5.74) is 0.373. The molecule has 2 aromatic carbocycles. The molecular weight excluding hydrogens is 581 g/mol. The molecule has 180 valence electrons. The molecule has 1 fully saturated rings. The van der Waals surface area contributed by atoms with Gasteiger partial charge < -0.3 is 14.8 Å². The Kier molecular flexibility index (Phi) is 8.89. The van der Waals surface area contributed by atoms with E-state index in [9.17, 15) is 23.2 Å². The molecule has 1 aliphatic rings. The Balaban J connectivity index is 1.76. The number of nitrogens with one attached hydrogen (secondary N) is 1. The van der Waals surface area contributed by atoms with Crippen LogP contribution < -0.4 is 14.8 Å². The summed E-state index contributed by atoms with van der Waals surface area (Å²) in [4.78, 5) is 38.3. The Morgan fingerprint density at radius 2 is 1.94 bits per heavy atom. The SMILES string of the molecule is CCCOc1c(I)cc(/C=C2\SC(=O)N(CC(=O)Nc3ccc(F)cc3F)C2=O)cc1OCC. The summed E-state index contributed by atoms with van der Waals surface area (Å²) in [5, 5.41) is 1.60. The molecule has 3 rings (SSSR count). The zero-order valence-corrected chi connectivity index (χ0v) is 21.3. The number of ether oxygens (including phenoxy) is 2. The lowest BCUT2D eigenvalue weighted by Crippen LogP contribution is -2.36. The Morgan fingerprint density at radius 1 is 1.18 bits per heavy atom. The average molecular weight is 602 g/mol. The summed E-state index contributed by atoms with van der Waals surface area (Å²) in [6.07, 6.45) is 2.37. The van der Waals surface area contributed by atoms with E-state index in [1.807, 2.05) is 13.8 Å². The van der Waals surface area contributed by atoms with E-state index in [-0.39, 0.29) is 10.6 Å². The van der Waals surface area contributed by atoms with Crippen LogP contribution in [0.15, 0.2) is 35.2 Å². The molecule has 0 saturated carbocycles. The fraction of sp³-hybridized carbons (Fsp3) is 0.261. The van der Waals surface area contributed by atoms with Crippen molar-refractivity contribution in [1.29, 1.82) is 0 Å². The van der Waals surface area contributed by atoms with Crippen molar-refractivity contribution in [3.63, 3.8) is 0 Å². The molecule has 0 unspecified atom stereocenters. The Labute approximate surface area is 213 Å². The summed E-state index contributed by atoms with van der Waals surface area (Å²) in [6, 6.07) is 6.18. The lowest BCUT2D eigenvalue weighted by molar-refractivity contribution is -0.127. The van der Waals surface area contributed by atoms with Crippen molar-refractivity contribution in [3.8, 4) is 11.5 Å². The zero-order chi connectivity index (χ0) is 24.8. The molecule has 3 amide bonds. The van der Waals surface area contributed by atoms with Gasteiger partial charge >= 0.3 is 0 Å². The lowest BCUT2D eigenvalue weighted by Gasteiger charge is -2.14. The highest BCUT2D eigenvalue weighted by atomic mass is 127. The highest BCUT2D eigenvalue weighted by Crippen LogP contribution is 2.37. The number of hydrogen-bond acceptors (Lipinski definition) is 6. The quantitative estimate of drug-likeness (QED) is 0.305. The topological polar surface area (TPSA) is 84.9 Å². The van der Waals surface area contributed by atoms with Crippen molar-refractivity contribution < 1.29 is 32.6 Å². The van der Waals surface area contributed by atoms with Crippen LogP contribution in [-0.2, 0) is 9.59 Å². The zero-order valence-electron chi connectivity index (χ0n) is 18.3. The molecule has 0 atom stereocenters. The molecule has 1 saturated heterocycles. The maximum atomic E-state index is 13.8. The third kappa shape index (κ3) is 6.26. The maximum absolute atomic E-state index is 13.8. The first-order valence-electron chi connectivity index (χ1n) is 10.3. The molecule has 0 aromatic heterocycles. The molecule has 11 heteroatoms. The maximum Gasteiger partial charge on any atom is 0.294 e. The van der Waals surface area contributed by atoms with Crippen molar-refractivity contribution in [2.45, 2.75) is 20.3 Å². The van der Waals surface area contributed by atoms with Crippen LogP contribution in [0.3, 0.4) is 0 Å². The van der Waals surface area contributed by atoms with Crippen LogP contribution in [-0.4, -0.2) is 41.7 Å². The number of imide groups is 1. The smallest absolute Gasteiger partial charge is 0.294 e. The van der Waals surface area contributed by atoms with Crippen molar-refractivity contribution in [1.82, 2.24) is 4.90 Å². The highest BCUT2D eigenvalue weighted by molar-refractivity contribution is 14.1. The predicted molar refractivity (Wildman–Crippen MR) is 134 cm³/mol. The molecule has 1 heterocycles. The number of halogens is 3. The molecule has 1 aliphatic heterocycles. The van der Waals surface area contributed by atoms with Crippen LogP contribution in [0.2, 0.25) is 0 Å². The first-order chi connectivity index (χ1) is 16.2. The number of nitrogens with zero attached hydrogens (tertiary/aromatic N) is 1. The van der Waals surface area contributed by atoms with Gasteiger partial charge in [-0.3, -0.25) is 19.3 Å². The van der Waals surface area contributed by atoms with Gasteiger partial charge in [0.25, 0.3) is 11.1 Å². The lowest BCUT2D eigenvalue weighted by atomic mass is 10.2. The number of thioether (sulfide) groups is 1. The minimum absolute atomic E-state index is 0.131. The number of carbonyl (C=O) groups is 3. The van der Waals surface area contributed by atoms with Gasteiger partial charge in [0.1, 0.15) is 18.2 Å². The molecule has 1 N–H and O–H groups in total. The summed E-state index contributed by atoms with van der Waals surface area (Å²) in [6.45, 7) is 4.18. The van der Waals surface area contributed by atoms with E-state index in [1.165, 1.54) is 6.08 Å². The van der Waals surface area contributed by atoms with Gasteiger partial charge in [-0.05, 0) is 83.6 Å². The molecule has 34 heavy (non-hydrogen) atoms. The summed E-state index contributed by atoms with van der Waals surface area (Å²) >= 11 is 2.81. The number of carbonyl (C=O) groups excluding carboxylic acids is 3. The number of amides is 3. The number of anilines is 1. The van der Waals surface area contributed by atoms with E-state index in [2.05, 4.69) is 27.9 Å². The van der Waals surface area contributed by atoms with E-state index in [0.717, 1.165) is 27.0 Å². The summed E-state index contributed by atoms with van der Waals surface area (Å²) in [5.74, 6) is -2.07. The van der Waals surface area contributed by atoms with Crippen molar-refractivity contribution in [2.24, 2.45) is 0 Å². The van der Waals surface area contributed by atoms with E-state index in [0.29, 0.717) is 48.1 Å². The van der Waals surface area contributed by atoms with Crippen molar-refractivity contribution in [3.05, 3.63) is 56.0 Å². The molecule has 2 aromatic rings. The molecular formula is C23H21F2IN2O5S. The highest BCUT2D eigenvalue weighted by Gasteiger charge is 2.36. The van der Waals surface area contributed by atoms with Gasteiger partial charge in [-0.15, -0.1) is 0 Å². The normalized spacial score (nSPS) is 14.6. The van der Waals surface area contributed by atoms with E-state index < -0.39 is 35.2 Å². The average Bonchev–Trinajstić information content (AvgIpc) is 3.02. The fourth-order valence-corrected chi connectivity index (χ4v) is 4.61. The summed E-state index contributed by atoms with van der Waals surface area (Å²) < 4.78 is 39.0. The first kappa shape index (κ1) is 25.9. The number of benzene rings is 2. The Morgan fingerprint density at radius 3 is 2.62 bits per heavy atom. The van der Waals surface area contributed by atoms with Crippen LogP contribution in [0.5, 0.6) is 11.5 Å². The van der Waals surface area contributed by atoms with Gasteiger partial charge in [-0.25, -0.2) is 8.78 Å². The van der Waals surface area contributed by atoms with Gasteiger partial charge in [0.05, 0.1) is 27.4 Å². The fourth-order valence-electron chi connectivity index (χ4n) is 2.99. The third-order valence-electron chi connectivity index (χ3n) is 4.46. The van der Waals surface area contributed by atoms with E-state index in [4.69, 9.17) is 9.47 Å². The number of hydrogen-bond donors (Lipinski definition) is 1. The standard InChI is InChI=1S/C23H21F2IN2O5S/c1-3-7-33-21-16(26)8-13(9-18(21)32-4-2)10-19-22(30)28(23(31)34-19)12-20(29)27-17-6-5-14(24)11-15(17)25/h5-6,8-11H,3-4,7,12H2,1-2H3,(H,27,29)/b19-10-. The van der Waals surface area contributed by atoms with E-state index >= 15 is 0 Å². The first-order valence-corrected chi connectivity index (χ1v) is 12.2. The summed E-state index contributed by atoms with van der Waals surface area (Å²) in [7, 11) is 0. The molecule has 7 nitrogen and oxygen atoms in total. The van der Waals surface area contributed by atoms with Gasteiger partial charge in [-0.1, -0.05) is 6.92 Å². The minimum atomic E-state index is -0.964. The second-order valence-electron chi connectivity index (χ2n) is 7.05. The number of rotatable bonds is 9. The Bertz CT molecular complexity index is 1160. The van der Waals surface area contributed by atoms with Crippen LogP contribution in [0.25, 0.3) is 6.08 Å². The van der Waals surface area contributed by atoms with Crippen molar-refractivity contribution >= 4 is 63.2 Å². The van der Waals surface area contributed by atoms with Gasteiger partial charge in [-0.2, -0.15) is 0 Å². The third-order valence-corrected chi connectivity index (χ3v) is 6.17. The van der Waals surface area contributed by atoms with Crippen molar-refractivity contribution in [2.75, 3.05) is 25.1 Å². The van der Waals surface area contributed by atoms with Crippen LogP contribution >= 0.6 is 34.4 Å². The predicted octanol–water partition coefficient (Wildman–Crippen LogP) is 5.43. The van der Waals surface area contributed by atoms with E-state index in [1.54, 1.807) is 12.1 Å². The second kappa shape index (κ2) is 11.6. The second-order valence-corrected chi connectivity index (χ2v) is 9.21. The Hall–Kier alpha value is -2.67. The molecule has 0 aliphatic carbocycles. The van der Waals surface area contributed by atoms with Gasteiger partial charge in [0, 0.05) is 6.07 Å². The van der Waals surface area contributed by atoms with Gasteiger partial charge in [0.15, 0.2) is 11.5 Å². The monoisotopic (exact) mass is 602 g/mol. The molecule has 0 spiro atoms. The molecule has 0 radical (unpaired) electrons. The van der Waals surface area contributed by atoms with Crippen LogP contribution in [0.1, 0.15) is 25.8 Å². The largest absolute Gasteiger partial charge is 0.490 e.